The molecule has 0 atom stereocenters. The molecule has 19 heavy (non-hydrogen) atoms. The number of rotatable bonds is 5. The molecule has 0 fully saturated rings. The van der Waals surface area contributed by atoms with Crippen LogP contribution in [0.5, 0.6) is 0 Å². The Morgan fingerprint density at radius 1 is 0.947 bits per heavy atom. The van der Waals surface area contributed by atoms with Gasteiger partial charge in [-0.15, -0.1) is 0 Å². The third-order valence-electron chi connectivity index (χ3n) is 3.88. The summed E-state index contributed by atoms with van der Waals surface area (Å²) < 4.78 is 39.5. The van der Waals surface area contributed by atoms with E-state index in [0.717, 1.165) is 6.07 Å². The van der Waals surface area contributed by atoms with E-state index in [1.54, 1.807) is 0 Å². The average molecular weight is 290 g/mol. The molecule has 0 spiro atoms. The fourth-order valence-corrected chi connectivity index (χ4v) is 5.49. The molecule has 0 radical (unpaired) electrons. The molecule has 0 aromatic heterocycles. The van der Waals surface area contributed by atoms with Crippen molar-refractivity contribution in [2.75, 3.05) is 0 Å². The van der Waals surface area contributed by atoms with Crippen molar-refractivity contribution in [2.45, 2.75) is 51.2 Å². The zero-order valence-electron chi connectivity index (χ0n) is 11.8. The molecule has 0 saturated heterocycles. The molecule has 0 aliphatic heterocycles. The standard InChI is InChI=1S/C14H21F3OSi/c1-9(2)19(18,10(3)4)6-5-11-7-13(16)14(17)8-12(11)15/h7-10,18H,5-6H2,1-4H3. The van der Waals surface area contributed by atoms with Gasteiger partial charge in [-0.1, -0.05) is 27.7 Å². The van der Waals surface area contributed by atoms with E-state index in [1.807, 2.05) is 27.7 Å². The van der Waals surface area contributed by atoms with Crippen LogP contribution >= 0.6 is 0 Å². The summed E-state index contributed by atoms with van der Waals surface area (Å²) in [6.07, 6.45) is 0.238. The van der Waals surface area contributed by atoms with Gasteiger partial charge in [0.15, 0.2) is 20.0 Å². The maximum Gasteiger partial charge on any atom is 0.193 e. The molecular weight excluding hydrogens is 269 g/mol. The Hall–Kier alpha value is -0.813. The third kappa shape index (κ3) is 3.60. The van der Waals surface area contributed by atoms with Crippen LogP contribution in [0, 0.1) is 17.5 Å². The van der Waals surface area contributed by atoms with E-state index in [-0.39, 0.29) is 23.1 Å². The average Bonchev–Trinajstić information content (AvgIpc) is 2.31. The van der Waals surface area contributed by atoms with Crippen molar-refractivity contribution in [3.63, 3.8) is 0 Å². The molecule has 0 amide bonds. The molecule has 0 unspecified atom stereocenters. The Morgan fingerprint density at radius 2 is 1.42 bits per heavy atom. The number of hydrogen-bond acceptors (Lipinski definition) is 1. The minimum Gasteiger partial charge on any atom is -0.431 e. The number of benzene rings is 1. The van der Waals surface area contributed by atoms with Crippen LogP contribution in [0.3, 0.4) is 0 Å². The molecular formula is C14H21F3OSi. The van der Waals surface area contributed by atoms with Crippen molar-refractivity contribution in [2.24, 2.45) is 0 Å². The van der Waals surface area contributed by atoms with Crippen molar-refractivity contribution in [3.05, 3.63) is 35.1 Å². The van der Waals surface area contributed by atoms with E-state index < -0.39 is 25.8 Å². The van der Waals surface area contributed by atoms with E-state index in [9.17, 15) is 18.0 Å². The van der Waals surface area contributed by atoms with Crippen LogP contribution in [-0.2, 0) is 6.42 Å². The summed E-state index contributed by atoms with van der Waals surface area (Å²) in [4.78, 5) is 10.7. The second-order valence-electron chi connectivity index (χ2n) is 5.66. The first-order valence-electron chi connectivity index (χ1n) is 6.54. The second-order valence-corrected chi connectivity index (χ2v) is 10.5. The van der Waals surface area contributed by atoms with Gasteiger partial charge in [-0.3, -0.25) is 0 Å². The van der Waals surface area contributed by atoms with Crippen LogP contribution in [0.4, 0.5) is 13.2 Å². The monoisotopic (exact) mass is 290 g/mol. The molecule has 0 heterocycles. The molecule has 108 valence electrons. The predicted molar refractivity (Wildman–Crippen MR) is 73.0 cm³/mol. The van der Waals surface area contributed by atoms with E-state index in [1.165, 1.54) is 0 Å². The lowest BCUT2D eigenvalue weighted by Gasteiger charge is -2.33. The van der Waals surface area contributed by atoms with Gasteiger partial charge in [-0.25, -0.2) is 13.2 Å². The zero-order chi connectivity index (χ0) is 14.8. The smallest absolute Gasteiger partial charge is 0.193 e. The predicted octanol–water partition coefficient (Wildman–Crippen LogP) is 4.40. The van der Waals surface area contributed by atoms with Crippen LogP contribution in [0.15, 0.2) is 12.1 Å². The summed E-state index contributed by atoms with van der Waals surface area (Å²) in [6, 6.07) is 1.90. The van der Waals surface area contributed by atoms with Gasteiger partial charge >= 0.3 is 0 Å². The number of halogens is 3. The Bertz CT molecular complexity index is 439. The number of aryl methyl sites for hydroxylation is 1. The van der Waals surface area contributed by atoms with E-state index >= 15 is 0 Å². The summed E-state index contributed by atoms with van der Waals surface area (Å²) in [5, 5.41) is 0. The molecule has 0 saturated carbocycles. The number of hydrogen-bond donors (Lipinski definition) is 1. The van der Waals surface area contributed by atoms with Crippen molar-refractivity contribution < 1.29 is 18.0 Å². The van der Waals surface area contributed by atoms with Gasteiger partial charge < -0.3 is 4.80 Å². The fraction of sp³-hybridized carbons (Fsp3) is 0.571. The van der Waals surface area contributed by atoms with Crippen molar-refractivity contribution >= 4 is 8.32 Å². The van der Waals surface area contributed by atoms with Crippen LogP contribution in [0.1, 0.15) is 33.3 Å². The van der Waals surface area contributed by atoms with Crippen LogP contribution in [0.2, 0.25) is 17.1 Å². The minimum absolute atomic E-state index is 0.131. The van der Waals surface area contributed by atoms with Gasteiger partial charge in [0.1, 0.15) is 5.82 Å². The maximum atomic E-state index is 13.5. The highest BCUT2D eigenvalue weighted by Crippen LogP contribution is 2.34. The summed E-state index contributed by atoms with van der Waals surface area (Å²) in [7, 11) is -2.52. The zero-order valence-corrected chi connectivity index (χ0v) is 12.8. The second kappa shape index (κ2) is 6.09. The molecule has 1 aromatic rings. The molecule has 1 aromatic carbocycles. The van der Waals surface area contributed by atoms with Gasteiger partial charge in [0.25, 0.3) is 0 Å². The molecule has 1 rings (SSSR count). The van der Waals surface area contributed by atoms with Crippen molar-refractivity contribution in [3.8, 4) is 0 Å². The van der Waals surface area contributed by atoms with Gasteiger partial charge in [0.2, 0.25) is 0 Å². The molecule has 1 N–H and O–H groups in total. The maximum absolute atomic E-state index is 13.5. The molecule has 0 aliphatic carbocycles. The van der Waals surface area contributed by atoms with Crippen molar-refractivity contribution in [1.29, 1.82) is 0 Å². The van der Waals surface area contributed by atoms with Gasteiger partial charge in [-0.2, -0.15) is 0 Å². The van der Waals surface area contributed by atoms with Crippen LogP contribution in [0.25, 0.3) is 0 Å². The largest absolute Gasteiger partial charge is 0.431 e. The summed E-state index contributed by atoms with van der Waals surface area (Å²) in [6.45, 7) is 7.81. The van der Waals surface area contributed by atoms with E-state index in [2.05, 4.69) is 0 Å². The Morgan fingerprint density at radius 3 is 1.89 bits per heavy atom. The summed E-state index contributed by atoms with van der Waals surface area (Å²) >= 11 is 0. The Balaban J connectivity index is 2.89. The van der Waals surface area contributed by atoms with E-state index in [0.29, 0.717) is 12.1 Å². The van der Waals surface area contributed by atoms with Crippen molar-refractivity contribution in [1.82, 2.24) is 0 Å². The van der Waals surface area contributed by atoms with Gasteiger partial charge in [-0.05, 0) is 35.2 Å². The van der Waals surface area contributed by atoms with Gasteiger partial charge in [0.05, 0.1) is 0 Å². The lowest BCUT2D eigenvalue weighted by Crippen LogP contribution is -2.41. The topological polar surface area (TPSA) is 20.2 Å². The SMILES string of the molecule is CC(C)[Si](O)(CCc1cc(F)c(F)cc1F)C(C)C. The fourth-order valence-electron chi connectivity index (χ4n) is 2.33. The van der Waals surface area contributed by atoms with E-state index in [4.69, 9.17) is 0 Å². The molecule has 0 bridgehead atoms. The highest BCUT2D eigenvalue weighted by molar-refractivity contribution is 6.75. The summed E-state index contributed by atoms with van der Waals surface area (Å²) in [5.74, 6) is -2.97. The third-order valence-corrected chi connectivity index (χ3v) is 8.93. The highest BCUT2D eigenvalue weighted by atomic mass is 28.4. The lowest BCUT2D eigenvalue weighted by atomic mass is 10.1. The van der Waals surface area contributed by atoms with Crippen LogP contribution < -0.4 is 0 Å². The normalized spacial score (nSPS) is 12.5. The quantitative estimate of drug-likeness (QED) is 0.629. The molecule has 1 nitrogen and oxygen atoms in total. The highest BCUT2D eigenvalue weighted by Gasteiger charge is 2.38. The molecule has 0 aliphatic rings. The Kier molecular flexibility index (Phi) is 5.21. The van der Waals surface area contributed by atoms with Gasteiger partial charge in [0, 0.05) is 6.07 Å². The lowest BCUT2D eigenvalue weighted by molar-refractivity contribution is 0.481. The minimum atomic E-state index is -2.52. The first kappa shape index (κ1) is 16.2. The molecule has 5 heteroatoms. The first-order chi connectivity index (χ1) is 8.68. The Labute approximate surface area is 113 Å². The summed E-state index contributed by atoms with van der Waals surface area (Å²) in [5.41, 5.74) is 0.410. The van der Waals surface area contributed by atoms with Crippen LogP contribution in [-0.4, -0.2) is 13.1 Å². The first-order valence-corrected chi connectivity index (χ1v) is 8.85.